The van der Waals surface area contributed by atoms with Crippen molar-refractivity contribution in [1.82, 2.24) is 0 Å². The number of anilines is 2. The molecule has 11 heteroatoms. The summed E-state index contributed by atoms with van der Waals surface area (Å²) in [6.07, 6.45) is -6.66. The summed E-state index contributed by atoms with van der Waals surface area (Å²) in [5.41, 5.74) is -1.21. The maximum Gasteiger partial charge on any atom is 0.454 e. The number of Topliss-reactive ketones (excluding diaryl/α,β-unsaturated/α-hetero) is 2. The number of rotatable bonds is 6. The first-order chi connectivity index (χ1) is 18.9. The lowest BCUT2D eigenvalue weighted by molar-refractivity contribution is -0.167. The van der Waals surface area contributed by atoms with E-state index in [9.17, 15) is 35.9 Å². The molecule has 0 radical (unpaired) electrons. The van der Waals surface area contributed by atoms with Gasteiger partial charge in [0.15, 0.2) is 0 Å². The fourth-order valence-electron chi connectivity index (χ4n) is 4.85. The molecule has 220 valence electrons. The highest BCUT2D eigenvalue weighted by atomic mass is 19.4. The number of hydrogen-bond donors (Lipinski definition) is 0. The number of hydrogen-bond acceptors (Lipinski definition) is 5. The van der Waals surface area contributed by atoms with Gasteiger partial charge in [-0.25, -0.2) is 0 Å². The van der Waals surface area contributed by atoms with Crippen molar-refractivity contribution in [3.05, 3.63) is 72.1 Å². The molecule has 4 rings (SSSR count). The third-order valence-corrected chi connectivity index (χ3v) is 7.56. The Labute approximate surface area is 234 Å². The Morgan fingerprint density at radius 3 is 1.24 bits per heavy atom. The molecule has 0 aromatic heterocycles. The largest absolute Gasteiger partial charge is 0.457 e. The maximum absolute atomic E-state index is 13.1. The van der Waals surface area contributed by atoms with Crippen LogP contribution in [0.1, 0.15) is 40.5 Å². The SMILES string of the molecule is CC1(C)CCN(c2ccc(Oc3ccc(N4C=C(C(=O)C(F)(F)F)C(C)(C)CC4)cc3)cc2)C=C1C(=O)C(F)(F)F. The lowest BCUT2D eigenvalue weighted by Gasteiger charge is -2.37. The molecule has 0 N–H and O–H groups in total. The smallest absolute Gasteiger partial charge is 0.454 e. The van der Waals surface area contributed by atoms with Crippen molar-refractivity contribution in [2.45, 2.75) is 52.9 Å². The number of nitrogens with zero attached hydrogens (tertiary/aromatic N) is 2. The van der Waals surface area contributed by atoms with Gasteiger partial charge in [-0.15, -0.1) is 0 Å². The van der Waals surface area contributed by atoms with Gasteiger partial charge in [-0.2, -0.15) is 26.3 Å². The molecule has 2 aromatic rings. The fraction of sp³-hybridized carbons (Fsp3) is 0.400. The summed E-state index contributed by atoms with van der Waals surface area (Å²) in [4.78, 5) is 27.2. The lowest BCUT2D eigenvalue weighted by Crippen LogP contribution is -2.39. The number of ketones is 2. The average Bonchev–Trinajstić information content (AvgIpc) is 2.88. The molecule has 0 aliphatic carbocycles. The molecule has 5 nitrogen and oxygen atoms in total. The van der Waals surface area contributed by atoms with Crippen LogP contribution in [-0.2, 0) is 9.59 Å². The second-order valence-corrected chi connectivity index (χ2v) is 11.5. The number of benzene rings is 2. The molecular weight excluding hydrogens is 550 g/mol. The van der Waals surface area contributed by atoms with E-state index in [0.29, 0.717) is 48.8 Å². The summed E-state index contributed by atoms with van der Waals surface area (Å²) in [7, 11) is 0. The first kappa shape index (κ1) is 30.2. The van der Waals surface area contributed by atoms with Crippen molar-refractivity contribution in [1.29, 1.82) is 0 Å². The first-order valence-electron chi connectivity index (χ1n) is 13.0. The minimum Gasteiger partial charge on any atom is -0.457 e. The first-order valence-corrected chi connectivity index (χ1v) is 13.0. The Morgan fingerprint density at radius 2 is 0.951 bits per heavy atom. The van der Waals surface area contributed by atoms with Gasteiger partial charge in [-0.3, -0.25) is 9.59 Å². The summed E-state index contributed by atoms with van der Waals surface area (Å²) in [6.45, 7) is 7.33. The van der Waals surface area contributed by atoms with E-state index in [-0.39, 0.29) is 11.1 Å². The summed E-state index contributed by atoms with van der Waals surface area (Å²) in [5.74, 6) is -2.79. The van der Waals surface area contributed by atoms with Gasteiger partial charge >= 0.3 is 12.4 Å². The molecule has 2 aliphatic heterocycles. The molecule has 2 aromatic carbocycles. The van der Waals surface area contributed by atoms with Crippen LogP contribution in [0, 0.1) is 10.8 Å². The predicted octanol–water partition coefficient (Wildman–Crippen LogP) is 7.98. The molecule has 0 fully saturated rings. The highest BCUT2D eigenvalue weighted by Gasteiger charge is 2.47. The van der Waals surface area contributed by atoms with E-state index < -0.39 is 34.7 Å². The van der Waals surface area contributed by atoms with Crippen molar-refractivity contribution < 1.29 is 40.7 Å². The van der Waals surface area contributed by atoms with E-state index >= 15 is 0 Å². The highest BCUT2D eigenvalue weighted by Crippen LogP contribution is 2.41. The zero-order chi connectivity index (χ0) is 30.4. The molecular formula is C30H30F6N2O3. The highest BCUT2D eigenvalue weighted by molar-refractivity contribution is 6.01. The van der Waals surface area contributed by atoms with Crippen molar-refractivity contribution in [3.8, 4) is 11.5 Å². The van der Waals surface area contributed by atoms with Crippen LogP contribution in [0.3, 0.4) is 0 Å². The Kier molecular flexibility index (Phi) is 7.79. The zero-order valence-corrected chi connectivity index (χ0v) is 23.0. The molecule has 0 unspecified atom stereocenters. The Morgan fingerprint density at radius 1 is 0.634 bits per heavy atom. The van der Waals surface area contributed by atoms with Gasteiger partial charge < -0.3 is 14.5 Å². The van der Waals surface area contributed by atoms with Crippen molar-refractivity contribution >= 4 is 22.9 Å². The van der Waals surface area contributed by atoms with Gasteiger partial charge in [-0.05, 0) is 72.2 Å². The van der Waals surface area contributed by atoms with E-state index in [4.69, 9.17) is 4.74 Å². The second-order valence-electron chi connectivity index (χ2n) is 11.5. The van der Waals surface area contributed by atoms with Crippen molar-refractivity contribution in [2.75, 3.05) is 22.9 Å². The van der Waals surface area contributed by atoms with E-state index in [1.54, 1.807) is 86.0 Å². The third kappa shape index (κ3) is 6.60. The number of halogens is 6. The second kappa shape index (κ2) is 10.6. The molecule has 0 saturated heterocycles. The lowest BCUT2D eigenvalue weighted by atomic mass is 9.77. The van der Waals surface area contributed by atoms with Crippen LogP contribution in [0.2, 0.25) is 0 Å². The monoisotopic (exact) mass is 580 g/mol. The fourth-order valence-corrected chi connectivity index (χ4v) is 4.85. The third-order valence-electron chi connectivity index (χ3n) is 7.56. The number of allylic oxidation sites excluding steroid dienone is 2. The number of alkyl halides is 6. The summed E-state index contributed by atoms with van der Waals surface area (Å²) in [6, 6.07) is 13.3. The van der Waals surface area contributed by atoms with Gasteiger partial charge in [-0.1, -0.05) is 27.7 Å². The molecule has 0 amide bonds. The van der Waals surface area contributed by atoms with Gasteiger partial charge in [0.2, 0.25) is 0 Å². The van der Waals surface area contributed by atoms with Crippen LogP contribution in [0.25, 0.3) is 0 Å². The summed E-state index contributed by atoms with van der Waals surface area (Å²) < 4.78 is 84.7. The minimum atomic E-state index is -4.96. The van der Waals surface area contributed by atoms with Crippen LogP contribution in [0.4, 0.5) is 37.7 Å². The van der Waals surface area contributed by atoms with Crippen LogP contribution < -0.4 is 14.5 Å². The van der Waals surface area contributed by atoms with Gasteiger partial charge in [0.1, 0.15) is 11.5 Å². The van der Waals surface area contributed by atoms with Gasteiger partial charge in [0.05, 0.1) is 0 Å². The Balaban J connectivity index is 1.47. The molecule has 41 heavy (non-hydrogen) atoms. The topological polar surface area (TPSA) is 49.9 Å². The summed E-state index contributed by atoms with van der Waals surface area (Å²) in [5, 5.41) is 0. The quantitative estimate of drug-likeness (QED) is 0.324. The predicted molar refractivity (Wildman–Crippen MR) is 143 cm³/mol. The van der Waals surface area contributed by atoms with Crippen LogP contribution in [0.15, 0.2) is 72.1 Å². The number of carbonyl (C=O) groups excluding carboxylic acids is 2. The van der Waals surface area contributed by atoms with Crippen LogP contribution in [0.5, 0.6) is 11.5 Å². The molecule has 2 aliphatic rings. The van der Waals surface area contributed by atoms with E-state index in [2.05, 4.69) is 0 Å². The normalized spacial score (nSPS) is 18.9. The Hall–Kier alpha value is -3.76. The molecule has 0 atom stereocenters. The number of carbonyl (C=O) groups is 2. The molecule has 0 saturated carbocycles. The van der Waals surface area contributed by atoms with E-state index in [1.807, 2.05) is 0 Å². The van der Waals surface area contributed by atoms with Crippen LogP contribution in [-0.4, -0.2) is 37.0 Å². The zero-order valence-electron chi connectivity index (χ0n) is 23.0. The van der Waals surface area contributed by atoms with E-state index in [0.717, 1.165) is 0 Å². The molecule has 2 heterocycles. The molecule has 0 spiro atoms. The van der Waals surface area contributed by atoms with Crippen LogP contribution >= 0.6 is 0 Å². The van der Waals surface area contributed by atoms with Gasteiger partial charge in [0.25, 0.3) is 11.6 Å². The van der Waals surface area contributed by atoms with Crippen molar-refractivity contribution in [2.24, 2.45) is 10.8 Å². The molecule has 0 bridgehead atoms. The Bertz CT molecular complexity index is 1270. The average molecular weight is 581 g/mol. The minimum absolute atomic E-state index is 0.293. The summed E-state index contributed by atoms with van der Waals surface area (Å²) >= 11 is 0. The maximum atomic E-state index is 13.1. The van der Waals surface area contributed by atoms with Gasteiger partial charge in [0, 0.05) is 48.0 Å². The van der Waals surface area contributed by atoms with E-state index in [1.165, 1.54) is 12.4 Å². The van der Waals surface area contributed by atoms with Crippen molar-refractivity contribution in [3.63, 3.8) is 0 Å². The standard InChI is InChI=1S/C30H30F6N2O3/c1-27(2)13-15-37(17-23(27)25(39)29(31,32)33)19-5-9-21(10-6-19)41-22-11-7-20(8-12-22)38-16-14-28(3,4)24(18-38)26(40)30(34,35)36/h5-12,17-18H,13-16H2,1-4H3. The number of ether oxygens (including phenoxy) is 1.